The van der Waals surface area contributed by atoms with Gasteiger partial charge in [-0.3, -0.25) is 4.79 Å². The van der Waals surface area contributed by atoms with Crippen molar-refractivity contribution < 1.29 is 4.79 Å². The van der Waals surface area contributed by atoms with E-state index in [1.807, 2.05) is 45.0 Å². The molecule has 1 aromatic carbocycles. The van der Waals surface area contributed by atoms with E-state index in [1.54, 1.807) is 0 Å². The van der Waals surface area contributed by atoms with Gasteiger partial charge in [0.05, 0.1) is 0 Å². The van der Waals surface area contributed by atoms with Crippen LogP contribution in [-0.4, -0.2) is 24.1 Å². The quantitative estimate of drug-likeness (QED) is 0.837. The summed E-state index contributed by atoms with van der Waals surface area (Å²) in [5, 5.41) is 6.05. The Hall–Kier alpha value is -1.62. The average Bonchev–Trinajstić information content (AvgIpc) is 2.40. The molecule has 1 rings (SSSR count). The van der Waals surface area contributed by atoms with Crippen molar-refractivity contribution in [1.82, 2.24) is 5.32 Å². The largest absolute Gasteiger partial charge is 0.372 e. The van der Waals surface area contributed by atoms with E-state index in [0.29, 0.717) is 5.11 Å². The third-order valence-electron chi connectivity index (χ3n) is 3.16. The Morgan fingerprint density at radius 2 is 1.67 bits per heavy atom. The molecule has 0 spiro atoms. The zero-order chi connectivity index (χ0) is 16.0. The van der Waals surface area contributed by atoms with Gasteiger partial charge in [-0.25, -0.2) is 0 Å². The normalized spacial score (nSPS) is 10.9. The summed E-state index contributed by atoms with van der Waals surface area (Å²) in [6.07, 6.45) is 0. The smallest absolute Gasteiger partial charge is 0.231 e. The van der Waals surface area contributed by atoms with Crippen LogP contribution < -0.4 is 15.5 Å². The topological polar surface area (TPSA) is 44.4 Å². The second-order valence-corrected chi connectivity index (χ2v) is 6.29. The molecule has 0 unspecified atom stereocenters. The molecule has 0 bridgehead atoms. The minimum atomic E-state index is -0.460. The maximum Gasteiger partial charge on any atom is 0.231 e. The minimum absolute atomic E-state index is 0.0974. The molecule has 2 N–H and O–H groups in total. The number of anilines is 2. The second kappa shape index (κ2) is 7.41. The molecule has 0 aliphatic carbocycles. The van der Waals surface area contributed by atoms with E-state index in [-0.39, 0.29) is 5.91 Å². The summed E-state index contributed by atoms with van der Waals surface area (Å²) in [5.41, 5.74) is 1.58. The van der Waals surface area contributed by atoms with Crippen molar-refractivity contribution in [2.75, 3.05) is 23.3 Å². The van der Waals surface area contributed by atoms with Crippen LogP contribution in [0.3, 0.4) is 0 Å². The van der Waals surface area contributed by atoms with Crippen molar-refractivity contribution in [3.05, 3.63) is 24.3 Å². The summed E-state index contributed by atoms with van der Waals surface area (Å²) < 4.78 is 0. The molecule has 116 valence electrons. The van der Waals surface area contributed by atoms with Crippen LogP contribution in [0, 0.1) is 5.41 Å². The predicted octanol–water partition coefficient (Wildman–Crippen LogP) is 3.39. The maximum absolute atomic E-state index is 11.8. The molecule has 1 aromatic rings. The SMILES string of the molecule is CCN(CC)c1ccc(NC(=S)NC(=O)C(C)(C)C)cc1. The molecule has 0 aromatic heterocycles. The molecule has 21 heavy (non-hydrogen) atoms. The molecule has 0 heterocycles. The third kappa shape index (κ3) is 5.34. The highest BCUT2D eigenvalue weighted by Gasteiger charge is 2.21. The van der Waals surface area contributed by atoms with Gasteiger partial charge in [-0.2, -0.15) is 0 Å². The van der Waals surface area contributed by atoms with Crippen LogP contribution >= 0.6 is 12.2 Å². The molecule has 1 amide bonds. The zero-order valence-electron chi connectivity index (χ0n) is 13.5. The van der Waals surface area contributed by atoms with Crippen LogP contribution in [0.2, 0.25) is 0 Å². The number of hydrogen-bond acceptors (Lipinski definition) is 3. The third-order valence-corrected chi connectivity index (χ3v) is 3.37. The Morgan fingerprint density at radius 1 is 1.14 bits per heavy atom. The highest BCUT2D eigenvalue weighted by atomic mass is 32.1. The molecular weight excluding hydrogens is 282 g/mol. The highest BCUT2D eigenvalue weighted by Crippen LogP contribution is 2.18. The van der Waals surface area contributed by atoms with Crippen molar-refractivity contribution in [2.45, 2.75) is 34.6 Å². The van der Waals surface area contributed by atoms with E-state index >= 15 is 0 Å². The summed E-state index contributed by atoms with van der Waals surface area (Å²) in [6.45, 7) is 11.8. The average molecular weight is 307 g/mol. The molecular formula is C16H25N3OS. The number of hydrogen-bond donors (Lipinski definition) is 2. The Balaban J connectivity index is 2.64. The number of carbonyl (C=O) groups is 1. The fourth-order valence-corrected chi connectivity index (χ4v) is 2.01. The van der Waals surface area contributed by atoms with E-state index in [0.717, 1.165) is 18.8 Å². The van der Waals surface area contributed by atoms with Crippen molar-refractivity contribution in [2.24, 2.45) is 5.41 Å². The standard InChI is InChI=1S/C16H25N3OS/c1-6-19(7-2)13-10-8-12(9-11-13)17-15(21)18-14(20)16(3,4)5/h8-11H,6-7H2,1-5H3,(H2,17,18,20,21). The van der Waals surface area contributed by atoms with E-state index in [2.05, 4.69) is 29.4 Å². The van der Waals surface area contributed by atoms with Gasteiger partial charge in [0.25, 0.3) is 0 Å². The molecule has 0 aliphatic rings. The van der Waals surface area contributed by atoms with Gasteiger partial charge < -0.3 is 15.5 Å². The van der Waals surface area contributed by atoms with Crippen LogP contribution in [0.25, 0.3) is 0 Å². The first-order valence-corrected chi connectivity index (χ1v) is 7.66. The summed E-state index contributed by atoms with van der Waals surface area (Å²) in [7, 11) is 0. The fraction of sp³-hybridized carbons (Fsp3) is 0.500. The van der Waals surface area contributed by atoms with E-state index < -0.39 is 5.41 Å². The first-order chi connectivity index (χ1) is 9.77. The fourth-order valence-electron chi connectivity index (χ4n) is 1.80. The number of rotatable bonds is 4. The summed E-state index contributed by atoms with van der Waals surface area (Å²) >= 11 is 5.16. The molecule has 4 nitrogen and oxygen atoms in total. The molecule has 0 radical (unpaired) electrons. The molecule has 0 fully saturated rings. The Morgan fingerprint density at radius 3 is 2.10 bits per heavy atom. The summed E-state index contributed by atoms with van der Waals surface area (Å²) in [5.74, 6) is -0.0974. The van der Waals surface area contributed by atoms with Crippen LogP contribution in [-0.2, 0) is 4.79 Å². The number of carbonyl (C=O) groups excluding carboxylic acids is 1. The monoisotopic (exact) mass is 307 g/mol. The number of amides is 1. The molecule has 5 heteroatoms. The van der Waals surface area contributed by atoms with Crippen LogP contribution in [0.1, 0.15) is 34.6 Å². The van der Waals surface area contributed by atoms with Crippen LogP contribution in [0.15, 0.2) is 24.3 Å². The van der Waals surface area contributed by atoms with Crippen molar-refractivity contribution in [1.29, 1.82) is 0 Å². The Labute approximate surface area is 132 Å². The second-order valence-electron chi connectivity index (χ2n) is 5.88. The van der Waals surface area contributed by atoms with Crippen molar-refractivity contribution in [3.63, 3.8) is 0 Å². The van der Waals surface area contributed by atoms with Crippen LogP contribution in [0.4, 0.5) is 11.4 Å². The number of thiocarbonyl (C=S) groups is 1. The summed E-state index contributed by atoms with van der Waals surface area (Å²) in [6, 6.07) is 8.01. The summed E-state index contributed by atoms with van der Waals surface area (Å²) in [4.78, 5) is 14.1. The molecule has 0 aliphatic heterocycles. The zero-order valence-corrected chi connectivity index (χ0v) is 14.3. The van der Waals surface area contributed by atoms with Crippen molar-refractivity contribution in [3.8, 4) is 0 Å². The van der Waals surface area contributed by atoms with Gasteiger partial charge in [0.2, 0.25) is 5.91 Å². The van der Waals surface area contributed by atoms with E-state index in [1.165, 1.54) is 5.69 Å². The Kier molecular flexibility index (Phi) is 6.15. The lowest BCUT2D eigenvalue weighted by atomic mass is 9.96. The van der Waals surface area contributed by atoms with Gasteiger partial charge in [-0.15, -0.1) is 0 Å². The van der Waals surface area contributed by atoms with Crippen molar-refractivity contribution >= 4 is 34.6 Å². The van der Waals surface area contributed by atoms with Crippen LogP contribution in [0.5, 0.6) is 0 Å². The number of nitrogens with one attached hydrogen (secondary N) is 2. The first kappa shape index (κ1) is 17.4. The van der Waals surface area contributed by atoms with Gasteiger partial charge in [-0.1, -0.05) is 20.8 Å². The number of nitrogens with zero attached hydrogens (tertiary/aromatic N) is 1. The molecule has 0 atom stereocenters. The molecule has 0 saturated carbocycles. The molecule has 0 saturated heterocycles. The van der Waals surface area contributed by atoms with Gasteiger partial charge in [0, 0.05) is 29.9 Å². The minimum Gasteiger partial charge on any atom is -0.372 e. The van der Waals surface area contributed by atoms with Gasteiger partial charge >= 0.3 is 0 Å². The maximum atomic E-state index is 11.8. The lowest BCUT2D eigenvalue weighted by Gasteiger charge is -2.21. The van der Waals surface area contributed by atoms with Gasteiger partial charge in [0.1, 0.15) is 0 Å². The Bertz CT molecular complexity index is 487. The predicted molar refractivity (Wildman–Crippen MR) is 93.8 cm³/mol. The lowest BCUT2D eigenvalue weighted by molar-refractivity contribution is -0.126. The first-order valence-electron chi connectivity index (χ1n) is 7.25. The lowest BCUT2D eigenvalue weighted by Crippen LogP contribution is -2.41. The van der Waals surface area contributed by atoms with Gasteiger partial charge in [0.15, 0.2) is 5.11 Å². The van der Waals surface area contributed by atoms with Gasteiger partial charge in [-0.05, 0) is 50.3 Å². The van der Waals surface area contributed by atoms with E-state index in [9.17, 15) is 4.79 Å². The van der Waals surface area contributed by atoms with E-state index in [4.69, 9.17) is 12.2 Å². The highest BCUT2D eigenvalue weighted by molar-refractivity contribution is 7.80. The number of benzene rings is 1.